The average molecular weight is 417 g/mol. The van der Waals surface area contributed by atoms with Crippen molar-refractivity contribution in [3.05, 3.63) is 48.7 Å². The number of rotatable bonds is 4. The predicted molar refractivity (Wildman–Crippen MR) is 136 cm³/mol. The molecule has 1 saturated heterocycles. The first-order valence-corrected chi connectivity index (χ1v) is 12.0. The van der Waals surface area contributed by atoms with E-state index in [0.29, 0.717) is 6.10 Å². The Morgan fingerprint density at radius 2 is 1.73 bits per heavy atom. The highest BCUT2D eigenvalue weighted by molar-refractivity contribution is 6.50. The molecule has 172 valence electrons. The molecule has 1 aliphatic carbocycles. The minimum Gasteiger partial charge on any atom is -0.414 e. The molecule has 3 N–H and O–H groups in total. The van der Waals surface area contributed by atoms with Crippen molar-refractivity contribution in [2.75, 3.05) is 0 Å². The van der Waals surface area contributed by atoms with Gasteiger partial charge >= 0.3 is 7.05 Å². The summed E-state index contributed by atoms with van der Waals surface area (Å²) in [7, 11) is 0.234. The van der Waals surface area contributed by atoms with Crippen LogP contribution in [0.15, 0.2) is 43.1 Å². The van der Waals surface area contributed by atoms with Gasteiger partial charge < -0.3 is 15.6 Å². The van der Waals surface area contributed by atoms with Crippen molar-refractivity contribution in [3.8, 4) is 0 Å². The first-order valence-electron chi connectivity index (χ1n) is 12.0. The summed E-state index contributed by atoms with van der Waals surface area (Å²) in [4.78, 5) is 0. The van der Waals surface area contributed by atoms with Crippen LogP contribution in [-0.2, 0) is 11.1 Å². The Bertz CT molecular complexity index is 518. The van der Waals surface area contributed by atoms with E-state index in [4.69, 9.17) is 10.4 Å². The van der Waals surface area contributed by atoms with Gasteiger partial charge in [-0.15, -0.1) is 0 Å². The summed E-state index contributed by atoms with van der Waals surface area (Å²) in [6.07, 6.45) is 9.59. The minimum absolute atomic E-state index is 0.234. The third kappa shape index (κ3) is 14.7. The van der Waals surface area contributed by atoms with Crippen LogP contribution in [0.1, 0.15) is 79.7 Å². The molecule has 1 heterocycles. The Balaban J connectivity index is 0.000000439. The second-order valence-electron chi connectivity index (χ2n) is 9.55. The molecular weight excluding hydrogens is 367 g/mol. The summed E-state index contributed by atoms with van der Waals surface area (Å²) >= 11 is 0. The molecule has 1 aromatic rings. The molecule has 1 saturated carbocycles. The van der Waals surface area contributed by atoms with Gasteiger partial charge in [-0.1, -0.05) is 84.9 Å². The van der Waals surface area contributed by atoms with Gasteiger partial charge in [0.05, 0.1) is 0 Å². The fraction of sp³-hybridized carbons (Fsp3) is 0.692. The normalized spacial score (nSPS) is 22.8. The third-order valence-electron chi connectivity index (χ3n) is 4.74. The molecule has 0 amide bonds. The SMILES string of the molecule is C=CNB1CC2CC(C)CCC2O1.CC(C)C.CC(N)Cc1ccccc1.CCC. The number of fused-ring (bicyclic) bond motifs is 1. The lowest BCUT2D eigenvalue weighted by Crippen LogP contribution is -2.29. The van der Waals surface area contributed by atoms with Gasteiger partial charge in [0.2, 0.25) is 0 Å². The van der Waals surface area contributed by atoms with Gasteiger partial charge in [0.15, 0.2) is 0 Å². The van der Waals surface area contributed by atoms with Crippen LogP contribution >= 0.6 is 0 Å². The summed E-state index contributed by atoms with van der Waals surface area (Å²) < 4.78 is 5.87. The summed E-state index contributed by atoms with van der Waals surface area (Å²) in [5, 5.41) is 3.16. The molecule has 3 rings (SSSR count). The maximum atomic E-state index is 5.87. The van der Waals surface area contributed by atoms with Crippen LogP contribution in [0.4, 0.5) is 0 Å². The van der Waals surface area contributed by atoms with Crippen molar-refractivity contribution in [3.63, 3.8) is 0 Å². The van der Waals surface area contributed by atoms with Crippen LogP contribution < -0.4 is 11.0 Å². The van der Waals surface area contributed by atoms with Crippen molar-refractivity contribution >= 4 is 7.05 Å². The van der Waals surface area contributed by atoms with Crippen molar-refractivity contribution in [2.24, 2.45) is 23.5 Å². The summed E-state index contributed by atoms with van der Waals surface area (Å²) in [5.41, 5.74) is 6.94. The topological polar surface area (TPSA) is 47.3 Å². The quantitative estimate of drug-likeness (QED) is 0.537. The van der Waals surface area contributed by atoms with E-state index in [1.54, 1.807) is 6.20 Å². The minimum atomic E-state index is 0.234. The molecule has 0 radical (unpaired) electrons. The highest BCUT2D eigenvalue weighted by Gasteiger charge is 2.40. The molecule has 1 aromatic carbocycles. The lowest BCUT2D eigenvalue weighted by atomic mass is 9.71. The second kappa shape index (κ2) is 17.4. The molecule has 3 nitrogen and oxygen atoms in total. The molecule has 4 atom stereocenters. The molecule has 0 aromatic heterocycles. The Labute approximate surface area is 188 Å². The van der Waals surface area contributed by atoms with E-state index >= 15 is 0 Å². The van der Waals surface area contributed by atoms with Gasteiger partial charge in [-0.3, -0.25) is 0 Å². The Kier molecular flexibility index (Phi) is 16.7. The zero-order valence-corrected chi connectivity index (χ0v) is 20.9. The molecule has 2 aliphatic rings. The van der Waals surface area contributed by atoms with E-state index in [0.717, 1.165) is 24.2 Å². The van der Waals surface area contributed by atoms with Crippen molar-refractivity contribution < 1.29 is 4.65 Å². The first kappa shape index (κ1) is 28.7. The molecule has 30 heavy (non-hydrogen) atoms. The zero-order chi connectivity index (χ0) is 22.9. The van der Waals surface area contributed by atoms with E-state index in [1.165, 1.54) is 37.6 Å². The highest BCUT2D eigenvalue weighted by atomic mass is 16.5. The summed E-state index contributed by atoms with van der Waals surface area (Å²) in [6.45, 7) is 18.8. The summed E-state index contributed by atoms with van der Waals surface area (Å²) in [6, 6.07) is 10.6. The Morgan fingerprint density at radius 3 is 2.23 bits per heavy atom. The van der Waals surface area contributed by atoms with Gasteiger partial charge in [0.1, 0.15) is 0 Å². The Morgan fingerprint density at radius 1 is 1.17 bits per heavy atom. The van der Waals surface area contributed by atoms with E-state index in [9.17, 15) is 0 Å². The van der Waals surface area contributed by atoms with Gasteiger partial charge in [0, 0.05) is 12.1 Å². The van der Waals surface area contributed by atoms with E-state index in [2.05, 4.69) is 65.5 Å². The van der Waals surface area contributed by atoms with Crippen LogP contribution in [0.3, 0.4) is 0 Å². The van der Waals surface area contributed by atoms with Crippen molar-refractivity contribution in [1.29, 1.82) is 0 Å². The predicted octanol–water partition coefficient (Wildman–Crippen LogP) is 6.70. The van der Waals surface area contributed by atoms with E-state index < -0.39 is 0 Å². The smallest absolute Gasteiger partial charge is 0.413 e. The van der Waals surface area contributed by atoms with Gasteiger partial charge in [0.25, 0.3) is 0 Å². The van der Waals surface area contributed by atoms with Gasteiger partial charge in [-0.25, -0.2) is 0 Å². The van der Waals surface area contributed by atoms with Gasteiger partial charge in [-0.05, 0) is 68.4 Å². The van der Waals surface area contributed by atoms with E-state index in [1.807, 2.05) is 25.1 Å². The van der Waals surface area contributed by atoms with Crippen molar-refractivity contribution in [1.82, 2.24) is 5.23 Å². The molecule has 4 unspecified atom stereocenters. The zero-order valence-electron chi connectivity index (χ0n) is 20.9. The Hall–Kier alpha value is -1.26. The van der Waals surface area contributed by atoms with Gasteiger partial charge in [-0.2, -0.15) is 0 Å². The van der Waals surface area contributed by atoms with Crippen LogP contribution in [0.5, 0.6) is 0 Å². The fourth-order valence-corrected chi connectivity index (χ4v) is 3.66. The number of hydrogen-bond donors (Lipinski definition) is 2. The fourth-order valence-electron chi connectivity index (χ4n) is 3.66. The summed E-state index contributed by atoms with van der Waals surface area (Å²) in [5.74, 6) is 2.52. The maximum absolute atomic E-state index is 5.87. The number of nitrogens with two attached hydrogens (primary N) is 1. The molecule has 2 fully saturated rings. The monoisotopic (exact) mass is 416 g/mol. The molecule has 4 heteroatoms. The number of hydrogen-bond acceptors (Lipinski definition) is 3. The highest BCUT2D eigenvalue weighted by Crippen LogP contribution is 2.38. The third-order valence-corrected chi connectivity index (χ3v) is 4.74. The van der Waals surface area contributed by atoms with Crippen LogP contribution in [0.25, 0.3) is 0 Å². The average Bonchev–Trinajstić information content (AvgIpc) is 3.04. The molecule has 0 spiro atoms. The number of nitrogens with one attached hydrogen (secondary N) is 1. The number of benzene rings is 1. The van der Waals surface area contributed by atoms with E-state index in [-0.39, 0.29) is 13.1 Å². The van der Waals surface area contributed by atoms with Crippen LogP contribution in [-0.4, -0.2) is 19.2 Å². The van der Waals surface area contributed by atoms with Crippen LogP contribution in [0.2, 0.25) is 6.32 Å². The first-order chi connectivity index (χ1) is 14.2. The van der Waals surface area contributed by atoms with Crippen molar-refractivity contribution in [2.45, 2.75) is 99.0 Å². The molecule has 1 aliphatic heterocycles. The lowest BCUT2D eigenvalue weighted by Gasteiger charge is -2.28. The standard InChI is InChI=1S/C10H18BNO.C9H13N.C4H10.C3H8/c1-3-12-11-7-9-6-8(2)4-5-10(9)13-11;1-8(10)7-9-5-3-2-4-6-9;1-4(2)3;1-3-2/h3,8-10,12H,1,4-7H2,2H3;2-6,8H,7,10H2,1H3;4H,1-3H3;3H2,1-2H3. The second-order valence-corrected chi connectivity index (χ2v) is 9.55. The molecular formula is C26H49BN2O. The maximum Gasteiger partial charge on any atom is 0.413 e. The van der Waals surface area contributed by atoms with Crippen LogP contribution in [0, 0.1) is 17.8 Å². The largest absolute Gasteiger partial charge is 0.414 e. The molecule has 0 bridgehead atoms. The lowest BCUT2D eigenvalue weighted by molar-refractivity contribution is 0.114.